The van der Waals surface area contributed by atoms with Crippen molar-refractivity contribution in [3.8, 4) is 22.8 Å². The molecular weight excluding hydrogens is 320 g/mol. The number of ether oxygens (including phenoxy) is 2. The summed E-state index contributed by atoms with van der Waals surface area (Å²) in [7, 11) is 3.14. The van der Waals surface area contributed by atoms with Gasteiger partial charge >= 0.3 is 0 Å². The normalized spacial score (nSPS) is 10.3. The number of nitrogens with zero attached hydrogens (tertiary/aromatic N) is 1. The minimum Gasteiger partial charge on any atom is -0.497 e. The quantitative estimate of drug-likeness (QED) is 0.746. The zero-order valence-electron chi connectivity index (χ0n) is 14.0. The van der Waals surface area contributed by atoms with Crippen LogP contribution in [0.1, 0.15) is 16.1 Å². The predicted octanol–water partition coefficient (Wildman–Crippen LogP) is 3.29. The van der Waals surface area contributed by atoms with Crippen molar-refractivity contribution in [3.05, 3.63) is 65.9 Å². The third-order valence-electron chi connectivity index (χ3n) is 3.69. The van der Waals surface area contributed by atoms with Gasteiger partial charge in [0.15, 0.2) is 5.76 Å². The first-order valence-corrected chi connectivity index (χ1v) is 7.72. The van der Waals surface area contributed by atoms with Crippen LogP contribution in [0.4, 0.5) is 0 Å². The lowest BCUT2D eigenvalue weighted by Crippen LogP contribution is -2.23. The molecule has 0 bridgehead atoms. The van der Waals surface area contributed by atoms with E-state index < -0.39 is 0 Å². The molecule has 0 fully saturated rings. The first kappa shape index (κ1) is 16.6. The second kappa shape index (κ2) is 7.53. The van der Waals surface area contributed by atoms with Crippen LogP contribution in [-0.2, 0) is 6.54 Å². The first-order valence-electron chi connectivity index (χ1n) is 7.72. The van der Waals surface area contributed by atoms with Gasteiger partial charge in [0.05, 0.1) is 26.3 Å². The van der Waals surface area contributed by atoms with Crippen molar-refractivity contribution in [2.75, 3.05) is 14.2 Å². The maximum atomic E-state index is 12.3. The molecule has 0 aliphatic carbocycles. The van der Waals surface area contributed by atoms with Crippen LogP contribution < -0.4 is 14.8 Å². The molecule has 0 unspecified atom stereocenters. The molecule has 128 valence electrons. The Labute approximate surface area is 145 Å². The Balaban J connectivity index is 1.68. The summed E-state index contributed by atoms with van der Waals surface area (Å²) < 4.78 is 15.7. The van der Waals surface area contributed by atoms with Crippen LogP contribution in [0.3, 0.4) is 0 Å². The van der Waals surface area contributed by atoms with Crippen LogP contribution >= 0.6 is 0 Å². The molecule has 0 saturated carbocycles. The van der Waals surface area contributed by atoms with Gasteiger partial charge in [-0.25, -0.2) is 0 Å². The van der Waals surface area contributed by atoms with Gasteiger partial charge in [-0.05, 0) is 24.3 Å². The summed E-state index contributed by atoms with van der Waals surface area (Å²) in [5.74, 6) is 1.64. The van der Waals surface area contributed by atoms with Crippen molar-refractivity contribution in [1.29, 1.82) is 0 Å². The van der Waals surface area contributed by atoms with Crippen molar-refractivity contribution in [1.82, 2.24) is 10.5 Å². The van der Waals surface area contributed by atoms with Crippen LogP contribution in [-0.4, -0.2) is 25.3 Å². The molecule has 0 spiro atoms. The fourth-order valence-corrected chi connectivity index (χ4v) is 2.41. The second-order valence-corrected chi connectivity index (χ2v) is 5.30. The molecule has 2 aromatic carbocycles. The predicted molar refractivity (Wildman–Crippen MR) is 92.7 cm³/mol. The molecule has 1 N–H and O–H groups in total. The van der Waals surface area contributed by atoms with Gasteiger partial charge in [-0.1, -0.05) is 29.4 Å². The highest BCUT2D eigenvalue weighted by atomic mass is 16.5. The van der Waals surface area contributed by atoms with Gasteiger partial charge in [0.25, 0.3) is 5.91 Å². The van der Waals surface area contributed by atoms with E-state index in [0.717, 1.165) is 11.3 Å². The lowest BCUT2D eigenvalue weighted by Gasteiger charge is -2.07. The summed E-state index contributed by atoms with van der Waals surface area (Å²) in [5, 5.41) is 6.81. The largest absolute Gasteiger partial charge is 0.497 e. The van der Waals surface area contributed by atoms with E-state index >= 15 is 0 Å². The maximum Gasteiger partial charge on any atom is 0.255 e. The third kappa shape index (κ3) is 3.80. The van der Waals surface area contributed by atoms with Gasteiger partial charge in [-0.15, -0.1) is 0 Å². The smallest absolute Gasteiger partial charge is 0.255 e. The van der Waals surface area contributed by atoms with Gasteiger partial charge in [0.1, 0.15) is 17.2 Å². The van der Waals surface area contributed by atoms with Gasteiger partial charge in [-0.3, -0.25) is 4.79 Å². The average molecular weight is 338 g/mol. The van der Waals surface area contributed by atoms with E-state index in [1.54, 1.807) is 31.4 Å². The SMILES string of the molecule is COc1cccc(-c2cc(CNC(=O)c3ccccc3OC)no2)c1. The van der Waals surface area contributed by atoms with Crippen molar-refractivity contribution in [3.63, 3.8) is 0 Å². The van der Waals surface area contributed by atoms with Crippen LogP contribution in [0.15, 0.2) is 59.1 Å². The van der Waals surface area contributed by atoms with E-state index in [1.165, 1.54) is 7.11 Å². The Hall–Kier alpha value is -3.28. The van der Waals surface area contributed by atoms with Crippen molar-refractivity contribution >= 4 is 5.91 Å². The molecular formula is C19H18N2O4. The molecule has 0 atom stereocenters. The van der Waals surface area contributed by atoms with E-state index in [-0.39, 0.29) is 12.5 Å². The van der Waals surface area contributed by atoms with Crippen LogP contribution in [0, 0.1) is 0 Å². The minimum absolute atomic E-state index is 0.233. The number of nitrogens with one attached hydrogen (secondary N) is 1. The lowest BCUT2D eigenvalue weighted by molar-refractivity contribution is 0.0947. The molecule has 0 aliphatic heterocycles. The highest BCUT2D eigenvalue weighted by Gasteiger charge is 2.13. The molecule has 6 nitrogen and oxygen atoms in total. The summed E-state index contributed by atoms with van der Waals surface area (Å²) >= 11 is 0. The molecule has 0 saturated heterocycles. The lowest BCUT2D eigenvalue weighted by atomic mass is 10.1. The number of para-hydroxylation sites is 1. The van der Waals surface area contributed by atoms with Crippen molar-refractivity contribution < 1.29 is 18.8 Å². The van der Waals surface area contributed by atoms with Gasteiger partial charge in [0.2, 0.25) is 0 Å². The highest BCUT2D eigenvalue weighted by Crippen LogP contribution is 2.24. The Morgan fingerprint density at radius 1 is 1.08 bits per heavy atom. The summed E-state index contributed by atoms with van der Waals surface area (Å²) in [5.41, 5.74) is 1.96. The third-order valence-corrected chi connectivity index (χ3v) is 3.69. The van der Waals surface area contributed by atoms with Gasteiger partial charge in [0, 0.05) is 11.6 Å². The molecule has 25 heavy (non-hydrogen) atoms. The molecule has 1 aromatic heterocycles. The van der Waals surface area contributed by atoms with E-state index in [0.29, 0.717) is 22.8 Å². The average Bonchev–Trinajstić information content (AvgIpc) is 3.15. The van der Waals surface area contributed by atoms with E-state index in [1.807, 2.05) is 30.3 Å². The van der Waals surface area contributed by atoms with Crippen LogP contribution in [0.5, 0.6) is 11.5 Å². The zero-order chi connectivity index (χ0) is 17.6. The number of aromatic nitrogens is 1. The fraction of sp³-hybridized carbons (Fsp3) is 0.158. The standard InChI is InChI=1S/C19H18N2O4/c1-23-15-7-5-6-13(10-15)18-11-14(21-25-18)12-20-19(22)16-8-3-4-9-17(16)24-2/h3-11H,12H2,1-2H3,(H,20,22). The number of carbonyl (C=O) groups excluding carboxylic acids is 1. The van der Waals surface area contributed by atoms with Crippen LogP contribution in [0.25, 0.3) is 11.3 Å². The van der Waals surface area contributed by atoms with Crippen molar-refractivity contribution in [2.24, 2.45) is 0 Å². The van der Waals surface area contributed by atoms with Crippen LogP contribution in [0.2, 0.25) is 0 Å². The number of carbonyl (C=O) groups is 1. The van der Waals surface area contributed by atoms with Gasteiger partial charge < -0.3 is 19.3 Å². The van der Waals surface area contributed by atoms with Crippen molar-refractivity contribution in [2.45, 2.75) is 6.54 Å². The Morgan fingerprint density at radius 3 is 2.72 bits per heavy atom. The Kier molecular flexibility index (Phi) is 4.99. The second-order valence-electron chi connectivity index (χ2n) is 5.30. The monoisotopic (exact) mass is 338 g/mol. The topological polar surface area (TPSA) is 73.6 Å². The zero-order valence-corrected chi connectivity index (χ0v) is 14.0. The summed E-state index contributed by atoms with van der Waals surface area (Å²) in [6, 6.07) is 16.3. The molecule has 3 rings (SSSR count). The summed E-state index contributed by atoms with van der Waals surface area (Å²) in [6.45, 7) is 0.254. The fourth-order valence-electron chi connectivity index (χ4n) is 2.41. The number of benzene rings is 2. The number of hydrogen-bond donors (Lipinski definition) is 1. The van der Waals surface area contributed by atoms with E-state index in [4.69, 9.17) is 14.0 Å². The molecule has 3 aromatic rings. The molecule has 1 amide bonds. The minimum atomic E-state index is -0.233. The first-order chi connectivity index (χ1) is 12.2. The van der Waals surface area contributed by atoms with E-state index in [2.05, 4.69) is 10.5 Å². The Morgan fingerprint density at radius 2 is 1.92 bits per heavy atom. The molecule has 0 radical (unpaired) electrons. The maximum absolute atomic E-state index is 12.3. The summed E-state index contributed by atoms with van der Waals surface area (Å²) in [6.07, 6.45) is 0. The number of hydrogen-bond acceptors (Lipinski definition) is 5. The molecule has 1 heterocycles. The van der Waals surface area contributed by atoms with E-state index in [9.17, 15) is 4.79 Å². The number of amides is 1. The Bertz CT molecular complexity index is 873. The molecule has 0 aliphatic rings. The number of rotatable bonds is 6. The van der Waals surface area contributed by atoms with Gasteiger partial charge in [-0.2, -0.15) is 0 Å². The summed E-state index contributed by atoms with van der Waals surface area (Å²) in [4.78, 5) is 12.3. The molecule has 6 heteroatoms. The number of methoxy groups -OCH3 is 2. The highest BCUT2D eigenvalue weighted by molar-refractivity contribution is 5.96.